The molecule has 0 aromatic carbocycles. The molecule has 2 heterocycles. The monoisotopic (exact) mass is 278 g/mol. The zero-order valence-corrected chi connectivity index (χ0v) is 12.2. The van der Waals surface area contributed by atoms with Crippen molar-refractivity contribution in [3.8, 4) is 5.88 Å². The van der Waals surface area contributed by atoms with Gasteiger partial charge in [0.1, 0.15) is 5.69 Å². The Balaban J connectivity index is 2.36. The van der Waals surface area contributed by atoms with Gasteiger partial charge in [-0.3, -0.25) is 4.98 Å². The van der Waals surface area contributed by atoms with Crippen LogP contribution >= 0.6 is 11.3 Å². The Bertz CT molecular complexity index is 529. The number of aromatic nitrogens is 3. The molecule has 19 heavy (non-hydrogen) atoms. The van der Waals surface area contributed by atoms with E-state index in [9.17, 15) is 0 Å². The van der Waals surface area contributed by atoms with Gasteiger partial charge in [-0.1, -0.05) is 6.92 Å². The summed E-state index contributed by atoms with van der Waals surface area (Å²) >= 11 is 1.66. The van der Waals surface area contributed by atoms with E-state index in [0.717, 1.165) is 28.5 Å². The first kappa shape index (κ1) is 13.9. The maximum Gasteiger partial charge on any atom is 0.237 e. The minimum Gasteiger partial charge on any atom is -0.480 e. The highest BCUT2D eigenvalue weighted by Crippen LogP contribution is 2.29. The van der Waals surface area contributed by atoms with Gasteiger partial charge in [-0.2, -0.15) is 0 Å². The minimum atomic E-state index is -0.0187. The van der Waals surface area contributed by atoms with Crippen molar-refractivity contribution in [2.45, 2.75) is 26.3 Å². The molecule has 5 nitrogen and oxygen atoms in total. The number of aryl methyl sites for hydroxylation is 1. The number of nitrogens with one attached hydrogen (secondary N) is 1. The Morgan fingerprint density at radius 1 is 1.32 bits per heavy atom. The van der Waals surface area contributed by atoms with Gasteiger partial charge in [0.2, 0.25) is 5.88 Å². The molecule has 0 aliphatic rings. The third-order valence-corrected chi connectivity index (χ3v) is 3.66. The van der Waals surface area contributed by atoms with E-state index < -0.39 is 0 Å². The lowest BCUT2D eigenvalue weighted by molar-refractivity contribution is 0.383. The summed E-state index contributed by atoms with van der Waals surface area (Å²) in [6.45, 7) is 5.04. The van der Waals surface area contributed by atoms with Crippen molar-refractivity contribution in [2.75, 3.05) is 13.7 Å². The molecule has 0 bridgehead atoms. The molecule has 2 rings (SSSR count). The second-order valence-corrected chi connectivity index (χ2v) is 5.39. The summed E-state index contributed by atoms with van der Waals surface area (Å²) in [6, 6.07) is -0.0187. The van der Waals surface area contributed by atoms with E-state index >= 15 is 0 Å². The van der Waals surface area contributed by atoms with Crippen molar-refractivity contribution in [3.63, 3.8) is 0 Å². The van der Waals surface area contributed by atoms with E-state index in [2.05, 4.69) is 27.2 Å². The molecule has 0 spiro atoms. The average molecular weight is 278 g/mol. The number of thiazole rings is 1. The van der Waals surface area contributed by atoms with Crippen LogP contribution in [0.25, 0.3) is 0 Å². The Morgan fingerprint density at radius 3 is 2.74 bits per heavy atom. The van der Waals surface area contributed by atoms with Crippen molar-refractivity contribution in [2.24, 2.45) is 0 Å². The van der Waals surface area contributed by atoms with E-state index in [4.69, 9.17) is 4.74 Å². The van der Waals surface area contributed by atoms with Gasteiger partial charge in [-0.25, -0.2) is 9.97 Å². The van der Waals surface area contributed by atoms with Crippen LogP contribution < -0.4 is 10.1 Å². The molecule has 1 unspecified atom stereocenters. The minimum absolute atomic E-state index is 0.0187. The van der Waals surface area contributed by atoms with Gasteiger partial charge in [0.15, 0.2) is 0 Å². The largest absolute Gasteiger partial charge is 0.480 e. The highest BCUT2D eigenvalue weighted by molar-refractivity contribution is 7.11. The second kappa shape index (κ2) is 6.58. The van der Waals surface area contributed by atoms with E-state index in [1.165, 1.54) is 0 Å². The Hall–Kier alpha value is -1.53. The molecule has 2 aromatic rings. The molecule has 6 heteroatoms. The fourth-order valence-electron chi connectivity index (χ4n) is 1.82. The van der Waals surface area contributed by atoms with Gasteiger partial charge in [0, 0.05) is 23.5 Å². The lowest BCUT2D eigenvalue weighted by Gasteiger charge is -2.17. The molecule has 0 fully saturated rings. The first-order chi connectivity index (χ1) is 9.26. The van der Waals surface area contributed by atoms with Crippen LogP contribution in [0.1, 0.15) is 35.0 Å². The molecule has 0 aliphatic heterocycles. The van der Waals surface area contributed by atoms with Crippen molar-refractivity contribution in [3.05, 3.63) is 34.2 Å². The highest BCUT2D eigenvalue weighted by Gasteiger charge is 2.21. The SMILES string of the molecule is CCCNC(c1cnc(C)s1)c1nccnc1OC. The van der Waals surface area contributed by atoms with Gasteiger partial charge in [0.25, 0.3) is 0 Å². The molecule has 0 saturated heterocycles. The molecule has 1 atom stereocenters. The molecule has 1 N–H and O–H groups in total. The first-order valence-electron chi connectivity index (χ1n) is 6.26. The third-order valence-electron chi connectivity index (χ3n) is 2.68. The first-order valence-corrected chi connectivity index (χ1v) is 7.08. The predicted octanol–water partition coefficient (Wildman–Crippen LogP) is 2.34. The highest BCUT2D eigenvalue weighted by atomic mass is 32.1. The van der Waals surface area contributed by atoms with E-state index in [0.29, 0.717) is 5.88 Å². The zero-order chi connectivity index (χ0) is 13.7. The summed E-state index contributed by atoms with van der Waals surface area (Å²) in [4.78, 5) is 14.1. The fraction of sp³-hybridized carbons (Fsp3) is 0.462. The van der Waals surface area contributed by atoms with Crippen LogP contribution in [-0.4, -0.2) is 28.6 Å². The molecular formula is C13H18N4OS. The predicted molar refractivity (Wildman–Crippen MR) is 75.6 cm³/mol. The number of nitrogens with zero attached hydrogens (tertiary/aromatic N) is 3. The number of hydrogen-bond donors (Lipinski definition) is 1. The van der Waals surface area contributed by atoms with Crippen molar-refractivity contribution < 1.29 is 4.74 Å². The maximum absolute atomic E-state index is 5.31. The number of ether oxygens (including phenoxy) is 1. The lowest BCUT2D eigenvalue weighted by Crippen LogP contribution is -2.24. The molecule has 0 saturated carbocycles. The van der Waals surface area contributed by atoms with Gasteiger partial charge >= 0.3 is 0 Å². The van der Waals surface area contributed by atoms with Gasteiger partial charge < -0.3 is 10.1 Å². The van der Waals surface area contributed by atoms with Crippen LogP contribution in [0.3, 0.4) is 0 Å². The summed E-state index contributed by atoms with van der Waals surface area (Å²) in [5.41, 5.74) is 0.808. The second-order valence-electron chi connectivity index (χ2n) is 4.12. The van der Waals surface area contributed by atoms with Gasteiger partial charge in [0.05, 0.1) is 18.2 Å². The normalized spacial score (nSPS) is 12.4. The molecule has 0 amide bonds. The summed E-state index contributed by atoms with van der Waals surface area (Å²) in [6.07, 6.45) is 6.27. The summed E-state index contributed by atoms with van der Waals surface area (Å²) < 4.78 is 5.31. The molecule has 2 aromatic heterocycles. The van der Waals surface area contributed by atoms with Crippen LogP contribution in [0.5, 0.6) is 5.88 Å². The average Bonchev–Trinajstić information content (AvgIpc) is 2.86. The Kier molecular flexibility index (Phi) is 4.81. The third kappa shape index (κ3) is 3.27. The van der Waals surface area contributed by atoms with Crippen molar-refractivity contribution in [1.82, 2.24) is 20.3 Å². The van der Waals surface area contributed by atoms with Crippen LogP contribution in [0.4, 0.5) is 0 Å². The molecule has 102 valence electrons. The van der Waals surface area contributed by atoms with Crippen molar-refractivity contribution in [1.29, 1.82) is 0 Å². The molecule has 0 aliphatic carbocycles. The molecular weight excluding hydrogens is 260 g/mol. The lowest BCUT2D eigenvalue weighted by atomic mass is 10.1. The van der Waals surface area contributed by atoms with Crippen molar-refractivity contribution >= 4 is 11.3 Å². The Morgan fingerprint density at radius 2 is 2.11 bits per heavy atom. The number of hydrogen-bond acceptors (Lipinski definition) is 6. The van der Waals surface area contributed by atoms with E-state index in [1.54, 1.807) is 30.8 Å². The van der Waals surface area contributed by atoms with Gasteiger partial charge in [-0.05, 0) is 19.9 Å². The standard InChI is InChI=1S/C13H18N4OS/c1-4-5-14-11(10-8-17-9(2)19-10)12-13(18-3)16-7-6-15-12/h6-8,11,14H,4-5H2,1-3H3. The maximum atomic E-state index is 5.31. The quantitative estimate of drug-likeness (QED) is 0.879. The number of methoxy groups -OCH3 is 1. The summed E-state index contributed by atoms with van der Waals surface area (Å²) in [7, 11) is 1.61. The Labute approximate surface area is 117 Å². The molecule has 0 radical (unpaired) electrons. The van der Waals surface area contributed by atoms with Crippen LogP contribution in [0.15, 0.2) is 18.6 Å². The van der Waals surface area contributed by atoms with Crippen LogP contribution in [0.2, 0.25) is 0 Å². The van der Waals surface area contributed by atoms with Gasteiger partial charge in [-0.15, -0.1) is 11.3 Å². The van der Waals surface area contributed by atoms with E-state index in [1.807, 2.05) is 13.1 Å². The summed E-state index contributed by atoms with van der Waals surface area (Å²) in [5.74, 6) is 0.558. The van der Waals surface area contributed by atoms with E-state index in [-0.39, 0.29) is 6.04 Å². The fourth-order valence-corrected chi connectivity index (χ4v) is 2.69. The summed E-state index contributed by atoms with van der Waals surface area (Å²) in [5, 5.41) is 4.52. The topological polar surface area (TPSA) is 59.9 Å². The zero-order valence-electron chi connectivity index (χ0n) is 11.4. The van der Waals surface area contributed by atoms with Crippen LogP contribution in [-0.2, 0) is 0 Å². The van der Waals surface area contributed by atoms with Crippen LogP contribution in [0, 0.1) is 6.92 Å². The number of rotatable bonds is 6. The smallest absolute Gasteiger partial charge is 0.237 e.